The molecular formula is C27H22Cl2N2O5. The summed E-state index contributed by atoms with van der Waals surface area (Å²) in [5.74, 6) is -0.724. The Balaban J connectivity index is 1.58. The lowest BCUT2D eigenvalue weighted by molar-refractivity contribution is -0.122. The zero-order chi connectivity index (χ0) is 25.8. The fourth-order valence-corrected chi connectivity index (χ4v) is 4.17. The summed E-state index contributed by atoms with van der Waals surface area (Å²) in [6.45, 7) is 4.58. The van der Waals surface area contributed by atoms with Crippen LogP contribution in [-0.2, 0) is 16.2 Å². The molecule has 1 aliphatic heterocycles. The first-order valence-electron chi connectivity index (χ1n) is 11.1. The molecule has 0 saturated carbocycles. The van der Waals surface area contributed by atoms with E-state index >= 15 is 0 Å². The molecule has 1 fully saturated rings. The van der Waals surface area contributed by atoms with Crippen LogP contribution in [0.25, 0.3) is 6.08 Å². The maximum Gasteiger partial charge on any atom is 0.335 e. The number of benzene rings is 3. The number of rotatable bonds is 7. The van der Waals surface area contributed by atoms with Gasteiger partial charge in [0.1, 0.15) is 17.9 Å². The predicted octanol–water partition coefficient (Wildman–Crippen LogP) is 5.95. The molecule has 3 aromatic carbocycles. The summed E-state index contributed by atoms with van der Waals surface area (Å²) in [5, 5.41) is 2.61. The summed E-state index contributed by atoms with van der Waals surface area (Å²) < 4.78 is 11.2. The first-order chi connectivity index (χ1) is 17.3. The molecule has 0 spiro atoms. The smallest absolute Gasteiger partial charge is 0.335 e. The van der Waals surface area contributed by atoms with E-state index in [9.17, 15) is 14.4 Å². The Bertz CT molecular complexity index is 1330. The summed E-state index contributed by atoms with van der Waals surface area (Å²) in [6.07, 6.45) is 1.33. The van der Waals surface area contributed by atoms with E-state index in [2.05, 4.69) is 5.32 Å². The van der Waals surface area contributed by atoms with Crippen molar-refractivity contribution in [3.8, 4) is 11.5 Å². The van der Waals surface area contributed by atoms with Gasteiger partial charge >= 0.3 is 6.03 Å². The summed E-state index contributed by atoms with van der Waals surface area (Å²) >= 11 is 12.8. The third-order valence-corrected chi connectivity index (χ3v) is 5.90. The molecular weight excluding hydrogens is 503 g/mol. The maximum atomic E-state index is 13.1. The number of carbonyl (C=O) groups is 3. The van der Waals surface area contributed by atoms with Gasteiger partial charge in [0, 0.05) is 0 Å². The summed E-state index contributed by atoms with van der Waals surface area (Å²) in [5.41, 5.74) is 2.52. The first kappa shape index (κ1) is 25.3. The van der Waals surface area contributed by atoms with Crippen molar-refractivity contribution in [2.45, 2.75) is 20.5 Å². The van der Waals surface area contributed by atoms with E-state index in [-0.39, 0.29) is 33.7 Å². The van der Waals surface area contributed by atoms with Crippen LogP contribution in [0.5, 0.6) is 11.5 Å². The molecule has 1 saturated heterocycles. The second-order valence-electron chi connectivity index (χ2n) is 7.97. The van der Waals surface area contributed by atoms with Crippen LogP contribution in [0.1, 0.15) is 23.6 Å². The van der Waals surface area contributed by atoms with Crippen molar-refractivity contribution in [1.29, 1.82) is 0 Å². The molecule has 9 heteroatoms. The zero-order valence-electron chi connectivity index (χ0n) is 19.5. The van der Waals surface area contributed by atoms with Gasteiger partial charge in [0.25, 0.3) is 11.8 Å². The molecule has 3 aromatic rings. The van der Waals surface area contributed by atoms with Crippen molar-refractivity contribution in [2.24, 2.45) is 0 Å². The lowest BCUT2D eigenvalue weighted by atomic mass is 10.1. The topological polar surface area (TPSA) is 84.9 Å². The predicted molar refractivity (Wildman–Crippen MR) is 139 cm³/mol. The number of hydrogen-bond donors (Lipinski definition) is 1. The van der Waals surface area contributed by atoms with E-state index in [0.29, 0.717) is 17.9 Å². The Morgan fingerprint density at radius 1 is 0.917 bits per heavy atom. The van der Waals surface area contributed by atoms with Gasteiger partial charge in [0.15, 0.2) is 5.75 Å². The van der Waals surface area contributed by atoms with Gasteiger partial charge in [-0.2, -0.15) is 0 Å². The van der Waals surface area contributed by atoms with Gasteiger partial charge in [0.2, 0.25) is 0 Å². The quantitative estimate of drug-likeness (QED) is 0.305. The first-order valence-corrected chi connectivity index (χ1v) is 11.8. The van der Waals surface area contributed by atoms with E-state index in [4.69, 9.17) is 32.7 Å². The highest BCUT2D eigenvalue weighted by Crippen LogP contribution is 2.36. The number of nitrogens with one attached hydrogen (secondary N) is 1. The molecule has 1 N–H and O–H groups in total. The average Bonchev–Trinajstić information content (AvgIpc) is 2.83. The van der Waals surface area contributed by atoms with E-state index in [0.717, 1.165) is 16.0 Å². The standard InChI is InChI=1S/C27H22Cl2N2O5/c1-3-35-20-10-8-19(9-11-20)31-26(33)21(25(32)30-27(31)34)12-18-13-22(28)24(23(29)14-18)36-15-17-6-4-16(2)5-7-17/h4-14H,3,15H2,1-2H3,(H,30,32,34)/b21-12+. The van der Waals surface area contributed by atoms with Crippen LogP contribution in [-0.4, -0.2) is 24.5 Å². The van der Waals surface area contributed by atoms with Crippen LogP contribution < -0.4 is 19.7 Å². The zero-order valence-corrected chi connectivity index (χ0v) is 21.0. The van der Waals surface area contributed by atoms with Crippen LogP contribution in [0, 0.1) is 6.92 Å². The van der Waals surface area contributed by atoms with Crippen LogP contribution in [0.2, 0.25) is 10.0 Å². The average molecular weight is 525 g/mol. The van der Waals surface area contributed by atoms with Crippen LogP contribution >= 0.6 is 23.2 Å². The number of anilines is 1. The second-order valence-corrected chi connectivity index (χ2v) is 8.79. The monoisotopic (exact) mass is 524 g/mol. The molecule has 184 valence electrons. The molecule has 0 bridgehead atoms. The fraction of sp³-hybridized carbons (Fsp3) is 0.148. The van der Waals surface area contributed by atoms with Crippen LogP contribution in [0.15, 0.2) is 66.2 Å². The molecule has 7 nitrogen and oxygen atoms in total. The second kappa shape index (κ2) is 10.8. The highest BCUT2D eigenvalue weighted by Gasteiger charge is 2.36. The Hall–Kier alpha value is -3.81. The number of nitrogens with zero attached hydrogens (tertiary/aromatic N) is 1. The highest BCUT2D eigenvalue weighted by atomic mass is 35.5. The number of carbonyl (C=O) groups excluding carboxylic acids is 3. The molecule has 36 heavy (non-hydrogen) atoms. The van der Waals surface area contributed by atoms with Gasteiger partial charge in [-0.25, -0.2) is 9.69 Å². The number of amides is 4. The number of imide groups is 2. The molecule has 4 rings (SSSR count). The normalized spacial score (nSPS) is 14.7. The van der Waals surface area contributed by atoms with E-state index in [1.54, 1.807) is 24.3 Å². The number of barbiturate groups is 1. The van der Waals surface area contributed by atoms with Gasteiger partial charge in [0.05, 0.1) is 22.3 Å². The number of urea groups is 1. The van der Waals surface area contributed by atoms with E-state index in [1.807, 2.05) is 38.1 Å². The molecule has 0 radical (unpaired) electrons. The minimum atomic E-state index is -0.845. The van der Waals surface area contributed by atoms with Crippen molar-refractivity contribution in [3.05, 3.63) is 93.0 Å². The van der Waals surface area contributed by atoms with Crippen molar-refractivity contribution >= 4 is 52.8 Å². The molecule has 1 aliphatic rings. The van der Waals surface area contributed by atoms with Crippen molar-refractivity contribution in [1.82, 2.24) is 5.32 Å². The van der Waals surface area contributed by atoms with E-state index in [1.165, 1.54) is 18.2 Å². The van der Waals surface area contributed by atoms with Gasteiger partial charge in [-0.3, -0.25) is 14.9 Å². The lowest BCUT2D eigenvalue weighted by Crippen LogP contribution is -2.54. The van der Waals surface area contributed by atoms with Gasteiger partial charge < -0.3 is 9.47 Å². The van der Waals surface area contributed by atoms with Crippen molar-refractivity contribution in [3.63, 3.8) is 0 Å². The maximum absolute atomic E-state index is 13.1. The number of ether oxygens (including phenoxy) is 2. The Labute approximate surface area is 218 Å². The summed E-state index contributed by atoms with van der Waals surface area (Å²) in [7, 11) is 0. The molecule has 0 atom stereocenters. The lowest BCUT2D eigenvalue weighted by Gasteiger charge is -2.26. The molecule has 1 heterocycles. The Morgan fingerprint density at radius 3 is 2.17 bits per heavy atom. The summed E-state index contributed by atoms with van der Waals surface area (Å²) in [4.78, 5) is 39.0. The highest BCUT2D eigenvalue weighted by molar-refractivity contribution is 6.40. The molecule has 0 aliphatic carbocycles. The largest absolute Gasteiger partial charge is 0.494 e. The van der Waals surface area contributed by atoms with Crippen LogP contribution in [0.4, 0.5) is 10.5 Å². The van der Waals surface area contributed by atoms with Crippen LogP contribution in [0.3, 0.4) is 0 Å². The van der Waals surface area contributed by atoms with Gasteiger partial charge in [-0.1, -0.05) is 53.0 Å². The van der Waals surface area contributed by atoms with E-state index < -0.39 is 17.8 Å². The molecule has 4 amide bonds. The Kier molecular flexibility index (Phi) is 7.62. The summed E-state index contributed by atoms with van der Waals surface area (Å²) in [6, 6.07) is 16.4. The number of aryl methyl sites for hydroxylation is 1. The third-order valence-electron chi connectivity index (χ3n) is 5.34. The SMILES string of the molecule is CCOc1ccc(N2C(=O)NC(=O)/C(=C\c3cc(Cl)c(OCc4ccc(C)cc4)c(Cl)c3)C2=O)cc1. The van der Waals surface area contributed by atoms with Gasteiger partial charge in [-0.15, -0.1) is 0 Å². The fourth-order valence-electron chi connectivity index (χ4n) is 3.56. The third kappa shape index (κ3) is 5.53. The van der Waals surface area contributed by atoms with Crippen molar-refractivity contribution < 1.29 is 23.9 Å². The van der Waals surface area contributed by atoms with Gasteiger partial charge in [-0.05, 0) is 67.4 Å². The molecule has 0 unspecified atom stereocenters. The minimum Gasteiger partial charge on any atom is -0.494 e. The van der Waals surface area contributed by atoms with Crippen molar-refractivity contribution in [2.75, 3.05) is 11.5 Å². The minimum absolute atomic E-state index is 0.213. The molecule has 0 aromatic heterocycles. The number of halogens is 2. The number of hydrogen-bond acceptors (Lipinski definition) is 5. The Morgan fingerprint density at radius 2 is 1.56 bits per heavy atom.